The van der Waals surface area contributed by atoms with Crippen molar-refractivity contribution >= 4 is 16.7 Å². The van der Waals surface area contributed by atoms with E-state index in [0.29, 0.717) is 5.92 Å². The fourth-order valence-electron chi connectivity index (χ4n) is 4.78. The zero-order chi connectivity index (χ0) is 20.0. The minimum absolute atomic E-state index is 0.00160. The largest absolute Gasteiger partial charge is 0.493 e. The molecule has 0 aromatic heterocycles. The first-order valence-corrected chi connectivity index (χ1v) is 10.7. The van der Waals surface area contributed by atoms with Crippen LogP contribution < -0.4 is 10.1 Å². The molecular weight excluding hydrogens is 358 g/mol. The first kappa shape index (κ1) is 18.2. The Balaban J connectivity index is 1.45. The Kier molecular flexibility index (Phi) is 4.34. The van der Waals surface area contributed by atoms with Gasteiger partial charge in [-0.15, -0.1) is 0 Å². The van der Waals surface area contributed by atoms with Gasteiger partial charge < -0.3 is 10.1 Å². The number of rotatable bonds is 5. The molecule has 3 nitrogen and oxygen atoms in total. The molecule has 1 aliphatic carbocycles. The molecule has 1 heterocycles. The molecule has 29 heavy (non-hydrogen) atoms. The molecule has 0 bridgehead atoms. The summed E-state index contributed by atoms with van der Waals surface area (Å²) in [6.07, 6.45) is 4.22. The lowest BCUT2D eigenvalue weighted by Gasteiger charge is -2.21. The van der Waals surface area contributed by atoms with E-state index in [-0.39, 0.29) is 11.4 Å². The quantitative estimate of drug-likeness (QED) is 0.599. The summed E-state index contributed by atoms with van der Waals surface area (Å²) in [6, 6.07) is 18.9. The van der Waals surface area contributed by atoms with Gasteiger partial charge in [-0.05, 0) is 54.2 Å². The van der Waals surface area contributed by atoms with Crippen LogP contribution in [0.15, 0.2) is 54.6 Å². The molecule has 148 valence electrons. The van der Waals surface area contributed by atoms with Crippen molar-refractivity contribution in [2.24, 2.45) is 0 Å². The number of carbonyl (C=O) groups excluding carboxylic acids is 1. The molecule has 1 amide bonds. The van der Waals surface area contributed by atoms with Crippen molar-refractivity contribution in [2.75, 3.05) is 6.61 Å². The van der Waals surface area contributed by atoms with E-state index in [1.54, 1.807) is 0 Å². The highest BCUT2D eigenvalue weighted by molar-refractivity contribution is 5.98. The third-order valence-corrected chi connectivity index (χ3v) is 6.53. The number of hydrogen-bond acceptors (Lipinski definition) is 2. The summed E-state index contributed by atoms with van der Waals surface area (Å²) < 4.78 is 5.92. The molecule has 0 spiro atoms. The number of carbonyl (C=O) groups is 1. The smallest absolute Gasteiger partial charge is 0.252 e. The Morgan fingerprint density at radius 1 is 1.14 bits per heavy atom. The zero-order valence-corrected chi connectivity index (χ0v) is 17.1. The van der Waals surface area contributed by atoms with Gasteiger partial charge in [0.25, 0.3) is 5.91 Å². The molecule has 1 saturated carbocycles. The van der Waals surface area contributed by atoms with E-state index in [9.17, 15) is 4.79 Å². The lowest BCUT2D eigenvalue weighted by Crippen LogP contribution is -2.35. The Labute approximate surface area is 172 Å². The van der Waals surface area contributed by atoms with E-state index in [2.05, 4.69) is 60.8 Å². The van der Waals surface area contributed by atoms with Crippen LogP contribution in [0.4, 0.5) is 0 Å². The van der Waals surface area contributed by atoms with Gasteiger partial charge in [-0.3, -0.25) is 4.79 Å². The van der Waals surface area contributed by atoms with E-state index in [1.807, 2.05) is 13.0 Å². The highest BCUT2D eigenvalue weighted by Gasteiger charge is 2.46. The molecule has 0 radical (unpaired) electrons. The van der Waals surface area contributed by atoms with Crippen molar-refractivity contribution in [3.8, 4) is 5.75 Å². The summed E-state index contributed by atoms with van der Waals surface area (Å²) in [5, 5.41) is 5.81. The summed E-state index contributed by atoms with van der Waals surface area (Å²) in [4.78, 5) is 13.3. The van der Waals surface area contributed by atoms with Crippen LogP contribution in [0.1, 0.15) is 65.6 Å². The first-order chi connectivity index (χ1) is 14.1. The molecule has 3 heteroatoms. The van der Waals surface area contributed by atoms with E-state index in [1.165, 1.54) is 21.9 Å². The van der Waals surface area contributed by atoms with Gasteiger partial charge in [0.15, 0.2) is 0 Å². The van der Waals surface area contributed by atoms with Crippen LogP contribution in [0.2, 0.25) is 0 Å². The van der Waals surface area contributed by atoms with Gasteiger partial charge in [0, 0.05) is 17.0 Å². The second kappa shape index (κ2) is 6.91. The molecule has 2 aliphatic rings. The third-order valence-electron chi connectivity index (χ3n) is 6.53. The maximum absolute atomic E-state index is 13.3. The average molecular weight is 386 g/mol. The van der Waals surface area contributed by atoms with E-state index in [0.717, 1.165) is 49.2 Å². The van der Waals surface area contributed by atoms with Gasteiger partial charge in [-0.25, -0.2) is 0 Å². The molecule has 1 unspecified atom stereocenters. The number of hydrogen-bond donors (Lipinski definition) is 1. The van der Waals surface area contributed by atoms with Gasteiger partial charge >= 0.3 is 0 Å². The van der Waals surface area contributed by atoms with Crippen molar-refractivity contribution in [3.05, 3.63) is 76.9 Å². The van der Waals surface area contributed by atoms with Crippen molar-refractivity contribution in [1.29, 1.82) is 0 Å². The van der Waals surface area contributed by atoms with Crippen molar-refractivity contribution in [2.45, 2.75) is 51.0 Å². The van der Waals surface area contributed by atoms with Crippen LogP contribution in [0.3, 0.4) is 0 Å². The van der Waals surface area contributed by atoms with Crippen LogP contribution >= 0.6 is 0 Å². The van der Waals surface area contributed by atoms with E-state index >= 15 is 0 Å². The maximum atomic E-state index is 13.3. The molecule has 5 rings (SSSR count). The molecule has 3 aromatic rings. The van der Waals surface area contributed by atoms with Gasteiger partial charge in [-0.2, -0.15) is 0 Å². The van der Waals surface area contributed by atoms with Crippen molar-refractivity contribution in [3.63, 3.8) is 0 Å². The van der Waals surface area contributed by atoms with Gasteiger partial charge in [0.05, 0.1) is 12.1 Å². The van der Waals surface area contributed by atoms with Crippen LogP contribution in [-0.4, -0.2) is 12.5 Å². The normalized spacial score (nSPS) is 18.9. The van der Waals surface area contributed by atoms with Gasteiger partial charge in [0.2, 0.25) is 0 Å². The van der Waals surface area contributed by atoms with Crippen LogP contribution in [0.5, 0.6) is 5.75 Å². The number of nitrogens with one attached hydrogen (secondary N) is 1. The number of benzene rings is 3. The minimum atomic E-state index is -0.255. The first-order valence-electron chi connectivity index (χ1n) is 10.7. The SMILES string of the molecule is CCCC1COc2cc(C(=O)NC3(c4cccc5ccccc45)CC3)c(C)cc21. The minimum Gasteiger partial charge on any atom is -0.493 e. The second-order valence-electron chi connectivity index (χ2n) is 8.56. The average Bonchev–Trinajstić information content (AvgIpc) is 3.41. The fraction of sp³-hybridized carbons (Fsp3) is 0.346. The monoisotopic (exact) mass is 385 g/mol. The molecule has 1 fully saturated rings. The van der Waals surface area contributed by atoms with Crippen molar-refractivity contribution < 1.29 is 9.53 Å². The summed E-state index contributed by atoms with van der Waals surface area (Å²) in [5.74, 6) is 1.34. The van der Waals surface area contributed by atoms with Crippen LogP contribution in [-0.2, 0) is 5.54 Å². The molecule has 3 aromatic carbocycles. The lowest BCUT2D eigenvalue weighted by molar-refractivity contribution is 0.0930. The Morgan fingerprint density at radius 2 is 1.93 bits per heavy atom. The summed E-state index contributed by atoms with van der Waals surface area (Å²) in [7, 11) is 0. The lowest BCUT2D eigenvalue weighted by atomic mass is 9.92. The molecule has 1 N–H and O–H groups in total. The highest BCUT2D eigenvalue weighted by atomic mass is 16.5. The number of aryl methyl sites for hydroxylation is 1. The number of fused-ring (bicyclic) bond motifs is 2. The van der Waals surface area contributed by atoms with Gasteiger partial charge in [0.1, 0.15) is 5.75 Å². The molecule has 1 atom stereocenters. The van der Waals surface area contributed by atoms with E-state index < -0.39 is 0 Å². The maximum Gasteiger partial charge on any atom is 0.252 e. The standard InChI is InChI=1S/C26H27NO2/c1-3-7-19-16-29-24-15-21(17(2)14-22(19)24)25(28)27-26(12-13-26)23-11-6-9-18-8-4-5-10-20(18)23/h4-6,8-11,14-15,19H,3,7,12-13,16H2,1-2H3,(H,27,28). The Hall–Kier alpha value is -2.81. The van der Waals surface area contributed by atoms with Crippen molar-refractivity contribution in [1.82, 2.24) is 5.32 Å². The zero-order valence-electron chi connectivity index (χ0n) is 17.1. The Bertz CT molecular complexity index is 1090. The predicted molar refractivity (Wildman–Crippen MR) is 117 cm³/mol. The molecule has 1 aliphatic heterocycles. The summed E-state index contributed by atoms with van der Waals surface area (Å²) in [6.45, 7) is 4.97. The second-order valence-corrected chi connectivity index (χ2v) is 8.56. The van der Waals surface area contributed by atoms with Gasteiger partial charge in [-0.1, -0.05) is 61.9 Å². The highest BCUT2D eigenvalue weighted by Crippen LogP contribution is 2.48. The number of ether oxygens (including phenoxy) is 1. The summed E-state index contributed by atoms with van der Waals surface area (Å²) >= 11 is 0. The number of amides is 1. The van der Waals surface area contributed by atoms with Crippen LogP contribution in [0.25, 0.3) is 10.8 Å². The molecular formula is C26H27NO2. The predicted octanol–water partition coefficient (Wildman–Crippen LogP) is 5.84. The topological polar surface area (TPSA) is 38.3 Å². The molecule has 0 saturated heterocycles. The van der Waals surface area contributed by atoms with E-state index in [4.69, 9.17) is 4.74 Å². The van der Waals surface area contributed by atoms with Crippen LogP contribution in [0, 0.1) is 6.92 Å². The Morgan fingerprint density at radius 3 is 2.72 bits per heavy atom. The fourth-order valence-corrected chi connectivity index (χ4v) is 4.78. The third kappa shape index (κ3) is 3.09. The summed E-state index contributed by atoms with van der Waals surface area (Å²) in [5.41, 5.74) is 3.99.